The Labute approximate surface area is 94.1 Å². The van der Waals surface area contributed by atoms with Gasteiger partial charge in [0, 0.05) is 19.6 Å². The smallest absolute Gasteiger partial charge is 0.191 e. The number of unbranched alkanes of at least 4 members (excludes halogenated alkanes) is 1. The molecular formula is C12H25N3. The molecule has 0 aromatic rings. The van der Waals surface area contributed by atoms with Gasteiger partial charge in [-0.3, -0.25) is 4.99 Å². The minimum absolute atomic E-state index is 0.912. The van der Waals surface area contributed by atoms with Gasteiger partial charge in [-0.15, -0.1) is 0 Å². The van der Waals surface area contributed by atoms with Gasteiger partial charge in [0.2, 0.25) is 0 Å². The minimum Gasteiger partial charge on any atom is -0.357 e. The summed E-state index contributed by atoms with van der Waals surface area (Å²) in [4.78, 5) is 4.47. The molecule has 0 aromatic carbocycles. The van der Waals surface area contributed by atoms with E-state index in [1.165, 1.54) is 6.42 Å². The Bertz CT molecular complexity index is 185. The van der Waals surface area contributed by atoms with Crippen LogP contribution in [0.2, 0.25) is 0 Å². The average molecular weight is 211 g/mol. The van der Waals surface area contributed by atoms with Gasteiger partial charge in [-0.05, 0) is 26.7 Å². The molecule has 0 unspecified atom stereocenters. The largest absolute Gasteiger partial charge is 0.357 e. The molecule has 0 aliphatic carbocycles. The van der Waals surface area contributed by atoms with Crippen LogP contribution in [0.15, 0.2) is 17.1 Å². The zero-order chi connectivity index (χ0) is 11.4. The SMILES string of the molecule is C/C=C/CCNC(=NCCCC)NCC. The first kappa shape index (κ1) is 14.0. The van der Waals surface area contributed by atoms with Crippen molar-refractivity contribution in [2.45, 2.75) is 40.0 Å². The third-order valence-electron chi connectivity index (χ3n) is 1.96. The van der Waals surface area contributed by atoms with E-state index in [1.54, 1.807) is 0 Å². The van der Waals surface area contributed by atoms with Crippen LogP contribution in [0, 0.1) is 0 Å². The van der Waals surface area contributed by atoms with E-state index in [-0.39, 0.29) is 0 Å². The molecular weight excluding hydrogens is 186 g/mol. The first-order valence-corrected chi connectivity index (χ1v) is 5.98. The van der Waals surface area contributed by atoms with Crippen LogP contribution in [-0.2, 0) is 0 Å². The van der Waals surface area contributed by atoms with Crippen LogP contribution < -0.4 is 10.6 Å². The molecule has 0 saturated heterocycles. The Morgan fingerprint density at radius 3 is 2.67 bits per heavy atom. The van der Waals surface area contributed by atoms with Gasteiger partial charge in [-0.1, -0.05) is 25.5 Å². The van der Waals surface area contributed by atoms with Crippen molar-refractivity contribution < 1.29 is 0 Å². The summed E-state index contributed by atoms with van der Waals surface area (Å²) in [5, 5.41) is 6.54. The predicted octanol–water partition coefficient (Wildman–Crippen LogP) is 2.31. The van der Waals surface area contributed by atoms with Crippen LogP contribution in [0.5, 0.6) is 0 Å². The molecule has 0 bridgehead atoms. The Morgan fingerprint density at radius 2 is 2.07 bits per heavy atom. The van der Waals surface area contributed by atoms with Gasteiger partial charge in [0.05, 0.1) is 0 Å². The zero-order valence-corrected chi connectivity index (χ0v) is 10.3. The van der Waals surface area contributed by atoms with E-state index >= 15 is 0 Å². The molecule has 15 heavy (non-hydrogen) atoms. The molecule has 0 rings (SSSR count). The summed E-state index contributed by atoms with van der Waals surface area (Å²) in [5.74, 6) is 0.940. The quantitative estimate of drug-likeness (QED) is 0.293. The average Bonchev–Trinajstić information content (AvgIpc) is 2.24. The van der Waals surface area contributed by atoms with Gasteiger partial charge in [0.15, 0.2) is 5.96 Å². The van der Waals surface area contributed by atoms with Gasteiger partial charge in [0.25, 0.3) is 0 Å². The fourth-order valence-corrected chi connectivity index (χ4v) is 1.13. The van der Waals surface area contributed by atoms with Crippen molar-refractivity contribution in [1.82, 2.24) is 10.6 Å². The molecule has 3 heteroatoms. The summed E-state index contributed by atoms with van der Waals surface area (Å²) < 4.78 is 0. The molecule has 88 valence electrons. The first-order chi connectivity index (χ1) is 7.35. The fraction of sp³-hybridized carbons (Fsp3) is 0.750. The van der Waals surface area contributed by atoms with E-state index in [0.29, 0.717) is 0 Å². The molecule has 0 amide bonds. The summed E-state index contributed by atoms with van der Waals surface area (Å²) in [5.41, 5.74) is 0. The first-order valence-electron chi connectivity index (χ1n) is 5.98. The molecule has 0 atom stereocenters. The lowest BCUT2D eigenvalue weighted by Gasteiger charge is -2.09. The Kier molecular flexibility index (Phi) is 10.4. The fourth-order valence-electron chi connectivity index (χ4n) is 1.13. The molecule has 2 N–H and O–H groups in total. The highest BCUT2D eigenvalue weighted by molar-refractivity contribution is 5.79. The van der Waals surface area contributed by atoms with Gasteiger partial charge in [-0.2, -0.15) is 0 Å². The molecule has 3 nitrogen and oxygen atoms in total. The third-order valence-corrected chi connectivity index (χ3v) is 1.96. The van der Waals surface area contributed by atoms with Crippen LogP contribution in [0.25, 0.3) is 0 Å². The molecule has 0 radical (unpaired) electrons. The minimum atomic E-state index is 0.912. The number of allylic oxidation sites excluding steroid dienone is 1. The van der Waals surface area contributed by atoms with Crippen LogP contribution in [0.1, 0.15) is 40.0 Å². The lowest BCUT2D eigenvalue weighted by Crippen LogP contribution is -2.37. The van der Waals surface area contributed by atoms with Gasteiger partial charge in [-0.25, -0.2) is 0 Å². The van der Waals surface area contributed by atoms with Gasteiger partial charge >= 0.3 is 0 Å². The van der Waals surface area contributed by atoms with Crippen LogP contribution in [-0.4, -0.2) is 25.6 Å². The van der Waals surface area contributed by atoms with E-state index in [2.05, 4.69) is 41.6 Å². The van der Waals surface area contributed by atoms with Crippen molar-refractivity contribution >= 4 is 5.96 Å². The molecule has 0 aliphatic rings. The second kappa shape index (κ2) is 11.1. The number of guanidine groups is 1. The third kappa shape index (κ3) is 9.32. The highest BCUT2D eigenvalue weighted by atomic mass is 15.2. The van der Waals surface area contributed by atoms with Crippen molar-refractivity contribution in [3.05, 3.63) is 12.2 Å². The second-order valence-electron chi connectivity index (χ2n) is 3.40. The number of hydrogen-bond acceptors (Lipinski definition) is 1. The van der Waals surface area contributed by atoms with E-state index in [9.17, 15) is 0 Å². The van der Waals surface area contributed by atoms with Crippen molar-refractivity contribution in [3.8, 4) is 0 Å². The molecule has 0 saturated carbocycles. The highest BCUT2D eigenvalue weighted by Gasteiger charge is 1.93. The van der Waals surface area contributed by atoms with Crippen molar-refractivity contribution in [3.63, 3.8) is 0 Å². The van der Waals surface area contributed by atoms with Crippen molar-refractivity contribution in [1.29, 1.82) is 0 Å². The zero-order valence-electron chi connectivity index (χ0n) is 10.3. The summed E-state index contributed by atoms with van der Waals surface area (Å²) in [6, 6.07) is 0. The number of nitrogens with one attached hydrogen (secondary N) is 2. The molecule has 0 fully saturated rings. The number of hydrogen-bond donors (Lipinski definition) is 2. The molecule has 0 aromatic heterocycles. The Morgan fingerprint density at radius 1 is 1.27 bits per heavy atom. The summed E-state index contributed by atoms with van der Waals surface area (Å²) >= 11 is 0. The van der Waals surface area contributed by atoms with Gasteiger partial charge in [0.1, 0.15) is 0 Å². The topological polar surface area (TPSA) is 36.4 Å². The molecule has 0 aliphatic heterocycles. The normalized spacial score (nSPS) is 12.1. The monoisotopic (exact) mass is 211 g/mol. The summed E-state index contributed by atoms with van der Waals surface area (Å²) in [6.07, 6.45) is 7.63. The number of rotatable bonds is 7. The highest BCUT2D eigenvalue weighted by Crippen LogP contribution is 1.87. The van der Waals surface area contributed by atoms with E-state index in [1.807, 2.05) is 6.92 Å². The van der Waals surface area contributed by atoms with Crippen molar-refractivity contribution in [2.75, 3.05) is 19.6 Å². The van der Waals surface area contributed by atoms with Crippen LogP contribution in [0.4, 0.5) is 0 Å². The lowest BCUT2D eigenvalue weighted by atomic mass is 10.3. The van der Waals surface area contributed by atoms with E-state index in [0.717, 1.165) is 38.4 Å². The van der Waals surface area contributed by atoms with Crippen molar-refractivity contribution in [2.24, 2.45) is 4.99 Å². The maximum Gasteiger partial charge on any atom is 0.191 e. The Hall–Kier alpha value is -0.990. The van der Waals surface area contributed by atoms with Crippen LogP contribution in [0.3, 0.4) is 0 Å². The van der Waals surface area contributed by atoms with Crippen LogP contribution >= 0.6 is 0 Å². The predicted molar refractivity (Wildman–Crippen MR) is 68.3 cm³/mol. The lowest BCUT2D eigenvalue weighted by molar-refractivity contribution is 0.771. The van der Waals surface area contributed by atoms with Gasteiger partial charge < -0.3 is 10.6 Å². The molecule has 0 heterocycles. The standard InChI is InChI=1S/C12H25N3/c1-4-7-9-11-15-12(13-6-3)14-10-8-5-2/h4,7H,5-6,8-11H2,1-3H3,(H2,13,14,15)/b7-4+. The molecule has 0 spiro atoms. The second-order valence-corrected chi connectivity index (χ2v) is 3.40. The van der Waals surface area contributed by atoms with E-state index in [4.69, 9.17) is 0 Å². The maximum absolute atomic E-state index is 4.47. The number of nitrogens with zero attached hydrogens (tertiary/aromatic N) is 1. The van der Waals surface area contributed by atoms with E-state index < -0.39 is 0 Å². The summed E-state index contributed by atoms with van der Waals surface area (Å²) in [6.45, 7) is 9.09. The number of aliphatic imine (C=N–C) groups is 1. The Balaban J connectivity index is 3.75. The maximum atomic E-state index is 4.47. The summed E-state index contributed by atoms with van der Waals surface area (Å²) in [7, 11) is 0.